The molecule has 0 bridgehead atoms. The first-order valence-corrected chi connectivity index (χ1v) is 24.9. The minimum absolute atomic E-state index is 0.0767. The summed E-state index contributed by atoms with van der Waals surface area (Å²) in [6.07, 6.45) is 0.238. The van der Waals surface area contributed by atoms with Crippen LogP contribution < -0.4 is 10.0 Å². The number of likely N-dealkylation sites (N-methyl/N-ethyl adjacent to an activating group) is 1. The van der Waals surface area contributed by atoms with E-state index in [0.717, 1.165) is 16.7 Å². The van der Waals surface area contributed by atoms with Crippen molar-refractivity contribution in [3.63, 3.8) is 0 Å². The Morgan fingerprint density at radius 1 is 0.606 bits per heavy atom. The van der Waals surface area contributed by atoms with Gasteiger partial charge in [0.2, 0.25) is 15.9 Å². The number of carbonyl (C=O) groups is 1. The molecule has 0 saturated carbocycles. The van der Waals surface area contributed by atoms with Crippen molar-refractivity contribution in [3.05, 3.63) is 63.1 Å². The van der Waals surface area contributed by atoms with Crippen molar-refractivity contribution in [2.45, 2.75) is 30.7 Å². The molecule has 1 aliphatic rings. The number of amides is 1. The quantitative estimate of drug-likeness (QED) is 0.0917. The number of hydrogen-bond donors (Lipinski definition) is 2. The number of benzene rings is 2. The van der Waals surface area contributed by atoms with E-state index in [4.69, 9.17) is 80.0 Å². The molecule has 1 atom stereocenters. The Morgan fingerprint density at radius 3 is 1.53 bits per heavy atom. The number of fused-ring (bicyclic) bond motifs is 1. The minimum Gasteiger partial charge on any atom is -0.379 e. The van der Waals surface area contributed by atoms with Crippen molar-refractivity contribution in [2.24, 2.45) is 0 Å². The van der Waals surface area contributed by atoms with Crippen LogP contribution in [0.1, 0.15) is 36.0 Å². The van der Waals surface area contributed by atoms with Crippen LogP contribution in [0.25, 0.3) is 0 Å². The van der Waals surface area contributed by atoms with Gasteiger partial charge in [-0.2, -0.15) is 0 Å². The lowest BCUT2D eigenvalue weighted by Crippen LogP contribution is -2.31. The molecule has 2 N–H and O–H groups in total. The van der Waals surface area contributed by atoms with Gasteiger partial charge in [0.25, 0.3) is 0 Å². The molecule has 2 aromatic rings. The number of nitrogens with zero attached hydrogens (tertiary/aromatic N) is 1. The highest BCUT2D eigenvalue weighted by atomic mass is 35.5. The Hall–Kier alpha value is -2.12. The Morgan fingerprint density at radius 2 is 1.05 bits per heavy atom. The van der Waals surface area contributed by atoms with E-state index in [0.29, 0.717) is 182 Å². The molecule has 0 saturated heterocycles. The molecule has 0 fully saturated rings. The van der Waals surface area contributed by atoms with E-state index in [-0.39, 0.29) is 36.3 Å². The summed E-state index contributed by atoms with van der Waals surface area (Å²) >= 11 is 12.8. The molecule has 18 nitrogen and oxygen atoms in total. The van der Waals surface area contributed by atoms with Gasteiger partial charge in [-0.3, -0.25) is 4.79 Å². The largest absolute Gasteiger partial charge is 0.379 e. The summed E-state index contributed by atoms with van der Waals surface area (Å²) in [7, 11) is -1.75. The molecule has 66 heavy (non-hydrogen) atoms. The third-order valence-corrected chi connectivity index (χ3v) is 11.6. The van der Waals surface area contributed by atoms with Crippen molar-refractivity contribution >= 4 is 39.1 Å². The smallest absolute Gasteiger partial charge is 0.240 e. The number of rotatable bonds is 43. The van der Waals surface area contributed by atoms with E-state index in [2.05, 4.69) is 14.9 Å². The maximum atomic E-state index is 13.1. The molecule has 1 heterocycles. The zero-order valence-corrected chi connectivity index (χ0v) is 41.1. The zero-order chi connectivity index (χ0) is 47.3. The third-order valence-electron chi connectivity index (χ3n) is 9.57. The Bertz CT molecular complexity index is 1670. The normalized spacial score (nSPS) is 14.2. The fourth-order valence-electron chi connectivity index (χ4n) is 6.32. The van der Waals surface area contributed by atoms with Crippen molar-refractivity contribution in [2.75, 3.05) is 185 Å². The number of sulfonamides is 1. The van der Waals surface area contributed by atoms with Crippen LogP contribution in [0.5, 0.6) is 0 Å². The van der Waals surface area contributed by atoms with Gasteiger partial charge >= 0.3 is 0 Å². The fourth-order valence-corrected chi connectivity index (χ4v) is 7.96. The predicted octanol–water partition coefficient (Wildman–Crippen LogP) is 3.57. The summed E-state index contributed by atoms with van der Waals surface area (Å²) in [5.41, 5.74) is 2.88. The summed E-state index contributed by atoms with van der Waals surface area (Å²) in [5, 5.41) is 3.95. The maximum absolute atomic E-state index is 13.1. The topological polar surface area (TPSA) is 189 Å². The van der Waals surface area contributed by atoms with Crippen LogP contribution in [0.15, 0.2) is 41.3 Å². The van der Waals surface area contributed by atoms with Gasteiger partial charge in [0.1, 0.15) is 0 Å². The average molecular weight is 999 g/mol. The molecule has 0 spiro atoms. The SMILES string of the molecule is CCOCCOCCOCCOCCOCCOCCOCCOCCOCCC(=O)NCCOCCOCCOCCNS(=O)(=O)c1cccc(C2CN(C)Cc3c(Cl)cc(Cl)cc32)c1. The second kappa shape index (κ2) is 37.7. The molecule has 2 aromatic carbocycles. The van der Waals surface area contributed by atoms with Crippen molar-refractivity contribution in [1.29, 1.82) is 0 Å². The average Bonchev–Trinajstić information content (AvgIpc) is 3.30. The molecule has 1 aliphatic heterocycles. The van der Waals surface area contributed by atoms with Gasteiger partial charge in [-0.25, -0.2) is 13.1 Å². The van der Waals surface area contributed by atoms with Gasteiger partial charge in [0, 0.05) is 55.2 Å². The predicted molar refractivity (Wildman–Crippen MR) is 249 cm³/mol. The number of nitrogens with one attached hydrogen (secondary N) is 2. The molecule has 378 valence electrons. The highest BCUT2D eigenvalue weighted by molar-refractivity contribution is 7.89. The summed E-state index contributed by atoms with van der Waals surface area (Å²) in [6.45, 7) is 14.5. The Labute approximate surface area is 401 Å². The lowest BCUT2D eigenvalue weighted by Gasteiger charge is -2.33. The lowest BCUT2D eigenvalue weighted by atomic mass is 9.85. The summed E-state index contributed by atoms with van der Waals surface area (Å²) < 4.78 is 94.2. The molecule has 0 radical (unpaired) electrons. The number of halogens is 2. The standard InChI is InChI=1S/C45H73Cl2N3O15S/c1-3-54-13-14-58-21-22-61-25-26-63-29-30-65-32-31-64-28-27-62-24-23-59-18-15-55-10-7-45(51)48-8-11-56-16-19-60-20-17-57-12-9-49-66(52,53)40-6-4-5-38(33-40)42-36-50(2)37-43-41(42)34-39(46)35-44(43)47/h4-6,33-35,42,49H,3,7-32,36-37H2,1-2H3,(H,48,51). The molecule has 1 unspecified atom stereocenters. The molecule has 3 rings (SSSR count). The Kier molecular flexibility index (Phi) is 33.3. The first-order chi connectivity index (χ1) is 32.2. The van der Waals surface area contributed by atoms with Crippen molar-refractivity contribution < 1.29 is 70.1 Å². The Balaban J connectivity index is 1.01. The lowest BCUT2D eigenvalue weighted by molar-refractivity contribution is -0.122. The van der Waals surface area contributed by atoms with E-state index in [1.807, 2.05) is 26.1 Å². The molecule has 0 aliphatic carbocycles. The van der Waals surface area contributed by atoms with E-state index in [1.54, 1.807) is 24.3 Å². The second-order valence-electron chi connectivity index (χ2n) is 14.7. The van der Waals surface area contributed by atoms with Crippen LogP contribution in [0, 0.1) is 0 Å². The van der Waals surface area contributed by atoms with Crippen LogP contribution in [-0.2, 0) is 78.2 Å². The third kappa shape index (κ3) is 27.2. The van der Waals surface area contributed by atoms with Crippen LogP contribution in [-0.4, -0.2) is 204 Å². The van der Waals surface area contributed by atoms with E-state index in [1.165, 1.54) is 0 Å². The summed E-state index contributed by atoms with van der Waals surface area (Å²) in [5.74, 6) is -0.203. The molecular formula is C45H73Cl2N3O15S. The van der Waals surface area contributed by atoms with Gasteiger partial charge in [-0.15, -0.1) is 0 Å². The first kappa shape index (κ1) is 58.2. The second-order valence-corrected chi connectivity index (χ2v) is 17.3. The monoisotopic (exact) mass is 997 g/mol. The number of carbonyl (C=O) groups excluding carboxylic acids is 1. The van der Waals surface area contributed by atoms with Crippen LogP contribution in [0.3, 0.4) is 0 Å². The zero-order valence-electron chi connectivity index (χ0n) is 38.8. The first-order valence-electron chi connectivity index (χ1n) is 22.7. The number of ether oxygens (including phenoxy) is 12. The van der Waals surface area contributed by atoms with Gasteiger partial charge < -0.3 is 67.1 Å². The highest BCUT2D eigenvalue weighted by Crippen LogP contribution is 2.38. The van der Waals surface area contributed by atoms with E-state index >= 15 is 0 Å². The number of hydrogen-bond acceptors (Lipinski definition) is 16. The van der Waals surface area contributed by atoms with Gasteiger partial charge in [-0.05, 0) is 54.9 Å². The van der Waals surface area contributed by atoms with Crippen LogP contribution in [0.4, 0.5) is 0 Å². The van der Waals surface area contributed by atoms with Crippen molar-refractivity contribution in [3.8, 4) is 0 Å². The van der Waals surface area contributed by atoms with Gasteiger partial charge in [0.05, 0.1) is 157 Å². The minimum atomic E-state index is -3.76. The highest BCUT2D eigenvalue weighted by Gasteiger charge is 2.28. The van der Waals surface area contributed by atoms with Gasteiger partial charge in [-0.1, -0.05) is 35.3 Å². The van der Waals surface area contributed by atoms with E-state index < -0.39 is 10.0 Å². The summed E-state index contributed by atoms with van der Waals surface area (Å²) in [6, 6.07) is 10.6. The molecule has 21 heteroatoms. The maximum Gasteiger partial charge on any atom is 0.240 e. The van der Waals surface area contributed by atoms with Crippen molar-refractivity contribution in [1.82, 2.24) is 14.9 Å². The molecule has 1 amide bonds. The fraction of sp³-hybridized carbons (Fsp3) is 0.711. The van der Waals surface area contributed by atoms with E-state index in [9.17, 15) is 13.2 Å². The van der Waals surface area contributed by atoms with Crippen LogP contribution >= 0.6 is 23.2 Å². The summed E-state index contributed by atoms with van der Waals surface area (Å²) in [4.78, 5) is 14.4. The molecular weight excluding hydrogens is 925 g/mol. The molecule has 0 aromatic heterocycles. The van der Waals surface area contributed by atoms with Crippen LogP contribution in [0.2, 0.25) is 10.0 Å². The van der Waals surface area contributed by atoms with Gasteiger partial charge in [0.15, 0.2) is 0 Å².